The van der Waals surface area contributed by atoms with Gasteiger partial charge in [0.1, 0.15) is 5.01 Å². The van der Waals surface area contributed by atoms with Gasteiger partial charge in [-0.25, -0.2) is 0 Å². The molecule has 0 spiro atoms. The van der Waals surface area contributed by atoms with Crippen LogP contribution in [0.4, 0.5) is 10.8 Å². The number of amides is 2. The Balaban J connectivity index is 1.11. The van der Waals surface area contributed by atoms with Crippen molar-refractivity contribution in [3.05, 3.63) is 34.8 Å². The quantitative estimate of drug-likeness (QED) is 0.556. The second-order valence-electron chi connectivity index (χ2n) is 10.4. The minimum atomic E-state index is -0.370. The number of aromatic nitrogens is 2. The lowest BCUT2D eigenvalue weighted by molar-refractivity contribution is -0.122. The fraction of sp³-hybridized carbons (Fsp3) is 0.630. The van der Waals surface area contributed by atoms with Crippen LogP contribution in [0.3, 0.4) is 0 Å². The maximum atomic E-state index is 12.9. The van der Waals surface area contributed by atoms with Gasteiger partial charge < -0.3 is 10.2 Å². The summed E-state index contributed by atoms with van der Waals surface area (Å²) in [6.07, 6.45) is 12.9. The van der Waals surface area contributed by atoms with E-state index in [1.54, 1.807) is 4.90 Å². The van der Waals surface area contributed by atoms with Crippen molar-refractivity contribution in [3.63, 3.8) is 0 Å². The number of hydrogen-bond donors (Lipinski definition) is 1. The summed E-state index contributed by atoms with van der Waals surface area (Å²) in [4.78, 5) is 29.8. The Labute approximate surface area is 212 Å². The number of anilines is 2. The first-order valence-corrected chi connectivity index (χ1v) is 14.2. The monoisotopic (exact) mass is 495 g/mol. The molecule has 7 nitrogen and oxygen atoms in total. The molecule has 3 heterocycles. The van der Waals surface area contributed by atoms with Crippen LogP contribution >= 0.6 is 11.3 Å². The summed E-state index contributed by atoms with van der Waals surface area (Å²) in [5.74, 6) is 0.294. The van der Waals surface area contributed by atoms with Crippen molar-refractivity contribution in [2.45, 2.75) is 77.2 Å². The number of piperidine rings is 1. The molecule has 0 bridgehead atoms. The van der Waals surface area contributed by atoms with Gasteiger partial charge in [-0.2, -0.15) is 0 Å². The SMILES string of the molecule is O=C(Nc1nnc(CCC2CCCCC2)s1)C1CC(=O)N(c2ccc(CN3CCCCC3)cc2)C1. The van der Waals surface area contributed by atoms with Gasteiger partial charge in [0.15, 0.2) is 0 Å². The molecule has 3 aliphatic rings. The van der Waals surface area contributed by atoms with Crippen molar-refractivity contribution < 1.29 is 9.59 Å². The molecular weight excluding hydrogens is 458 g/mol. The van der Waals surface area contributed by atoms with E-state index in [1.807, 2.05) is 12.1 Å². The Kier molecular flexibility index (Phi) is 8.09. The number of benzene rings is 1. The summed E-state index contributed by atoms with van der Waals surface area (Å²) in [6.45, 7) is 3.70. The first-order valence-electron chi connectivity index (χ1n) is 13.4. The molecule has 2 aliphatic heterocycles. The summed E-state index contributed by atoms with van der Waals surface area (Å²) >= 11 is 1.47. The molecule has 3 fully saturated rings. The average Bonchev–Trinajstić information content (AvgIpc) is 3.51. The fourth-order valence-electron chi connectivity index (χ4n) is 5.71. The molecule has 1 aromatic carbocycles. The third-order valence-electron chi connectivity index (χ3n) is 7.79. The highest BCUT2D eigenvalue weighted by atomic mass is 32.1. The Hall–Kier alpha value is -2.32. The van der Waals surface area contributed by atoms with E-state index in [4.69, 9.17) is 0 Å². The zero-order valence-corrected chi connectivity index (χ0v) is 21.4. The molecule has 1 aliphatic carbocycles. The number of nitrogens with one attached hydrogen (secondary N) is 1. The van der Waals surface area contributed by atoms with Crippen LogP contribution in [-0.4, -0.2) is 46.5 Å². The zero-order valence-electron chi connectivity index (χ0n) is 20.6. The molecule has 188 valence electrons. The van der Waals surface area contributed by atoms with Gasteiger partial charge in [-0.1, -0.05) is 62.0 Å². The van der Waals surface area contributed by atoms with Crippen LogP contribution in [0.5, 0.6) is 0 Å². The van der Waals surface area contributed by atoms with E-state index in [2.05, 4.69) is 32.5 Å². The first kappa shape index (κ1) is 24.4. The Morgan fingerprint density at radius 2 is 1.74 bits per heavy atom. The molecule has 0 radical (unpaired) electrons. The summed E-state index contributed by atoms with van der Waals surface area (Å²) in [7, 11) is 0. The normalized spacial score (nSPS) is 22.0. The lowest BCUT2D eigenvalue weighted by atomic mass is 9.86. The number of rotatable bonds is 8. The summed E-state index contributed by atoms with van der Waals surface area (Å²) in [6, 6.07) is 8.25. The van der Waals surface area contributed by atoms with E-state index in [-0.39, 0.29) is 24.2 Å². The molecule has 8 heteroatoms. The summed E-state index contributed by atoms with van der Waals surface area (Å²) < 4.78 is 0. The van der Waals surface area contributed by atoms with Crippen LogP contribution in [0.2, 0.25) is 0 Å². The molecule has 1 unspecified atom stereocenters. The molecule has 2 aromatic rings. The molecule has 35 heavy (non-hydrogen) atoms. The van der Waals surface area contributed by atoms with Crippen LogP contribution in [-0.2, 0) is 22.6 Å². The molecule has 1 saturated carbocycles. The van der Waals surface area contributed by atoms with Crippen LogP contribution in [0.1, 0.15) is 74.8 Å². The molecule has 2 amide bonds. The number of nitrogens with zero attached hydrogens (tertiary/aromatic N) is 4. The predicted octanol–water partition coefficient (Wildman–Crippen LogP) is 5.03. The maximum Gasteiger partial charge on any atom is 0.231 e. The number of carbonyl (C=O) groups excluding carboxylic acids is 2. The van der Waals surface area contributed by atoms with Crippen molar-refractivity contribution in [1.29, 1.82) is 0 Å². The van der Waals surface area contributed by atoms with Crippen LogP contribution < -0.4 is 10.2 Å². The molecular formula is C27H37N5O2S. The van der Waals surface area contributed by atoms with E-state index in [0.717, 1.165) is 36.0 Å². The van der Waals surface area contributed by atoms with Gasteiger partial charge in [-0.3, -0.25) is 14.5 Å². The largest absolute Gasteiger partial charge is 0.312 e. The van der Waals surface area contributed by atoms with E-state index >= 15 is 0 Å². The van der Waals surface area contributed by atoms with Crippen molar-refractivity contribution in [1.82, 2.24) is 15.1 Å². The fourth-order valence-corrected chi connectivity index (χ4v) is 6.46. The Bertz CT molecular complexity index is 995. The third-order valence-corrected chi connectivity index (χ3v) is 8.69. The smallest absolute Gasteiger partial charge is 0.231 e. The van der Waals surface area contributed by atoms with Gasteiger partial charge in [0, 0.05) is 31.6 Å². The topological polar surface area (TPSA) is 78.4 Å². The molecule has 2 saturated heterocycles. The molecule has 1 N–H and O–H groups in total. The maximum absolute atomic E-state index is 12.9. The Morgan fingerprint density at radius 1 is 1.00 bits per heavy atom. The lowest BCUT2D eigenvalue weighted by Crippen LogP contribution is -2.29. The van der Waals surface area contributed by atoms with Gasteiger partial charge in [0.25, 0.3) is 0 Å². The number of hydrogen-bond acceptors (Lipinski definition) is 6. The molecule has 5 rings (SSSR count). The number of aryl methyl sites for hydroxylation is 1. The van der Waals surface area contributed by atoms with Gasteiger partial charge >= 0.3 is 0 Å². The van der Waals surface area contributed by atoms with Crippen molar-refractivity contribution in [2.24, 2.45) is 11.8 Å². The van der Waals surface area contributed by atoms with Gasteiger partial charge in [-0.15, -0.1) is 10.2 Å². The van der Waals surface area contributed by atoms with E-state index < -0.39 is 0 Å². The summed E-state index contributed by atoms with van der Waals surface area (Å²) in [5, 5.41) is 12.9. The number of likely N-dealkylation sites (tertiary alicyclic amines) is 1. The highest BCUT2D eigenvalue weighted by molar-refractivity contribution is 7.15. The lowest BCUT2D eigenvalue weighted by Gasteiger charge is -2.26. The van der Waals surface area contributed by atoms with E-state index in [9.17, 15) is 9.59 Å². The Morgan fingerprint density at radius 3 is 2.51 bits per heavy atom. The van der Waals surface area contributed by atoms with Crippen LogP contribution in [0, 0.1) is 11.8 Å². The van der Waals surface area contributed by atoms with Crippen LogP contribution in [0.25, 0.3) is 0 Å². The van der Waals surface area contributed by atoms with Gasteiger partial charge in [0.05, 0.1) is 5.92 Å². The third kappa shape index (κ3) is 6.47. The minimum absolute atomic E-state index is 0.000588. The molecule has 1 aromatic heterocycles. The highest BCUT2D eigenvalue weighted by Gasteiger charge is 2.35. The minimum Gasteiger partial charge on any atom is -0.312 e. The summed E-state index contributed by atoms with van der Waals surface area (Å²) in [5.41, 5.74) is 2.14. The van der Waals surface area contributed by atoms with Crippen LogP contribution in [0.15, 0.2) is 24.3 Å². The molecule has 1 atom stereocenters. The predicted molar refractivity (Wildman–Crippen MR) is 139 cm³/mol. The van der Waals surface area contributed by atoms with Crippen molar-refractivity contribution in [3.8, 4) is 0 Å². The van der Waals surface area contributed by atoms with E-state index in [0.29, 0.717) is 11.7 Å². The van der Waals surface area contributed by atoms with E-state index in [1.165, 1.54) is 81.4 Å². The second kappa shape index (κ2) is 11.6. The number of carbonyl (C=O) groups is 2. The highest BCUT2D eigenvalue weighted by Crippen LogP contribution is 2.30. The van der Waals surface area contributed by atoms with Gasteiger partial charge in [0.2, 0.25) is 16.9 Å². The zero-order chi connectivity index (χ0) is 24.0. The van der Waals surface area contributed by atoms with Crippen molar-refractivity contribution in [2.75, 3.05) is 29.9 Å². The standard InChI is InChI=1S/C27H37N5O2S/c33-25-17-22(19-32(25)23-12-9-21(10-13-23)18-31-15-5-2-6-16-31)26(34)28-27-30-29-24(35-27)14-11-20-7-3-1-4-8-20/h9-10,12-13,20,22H,1-8,11,14-19H2,(H,28,30,34). The van der Waals surface area contributed by atoms with Crippen molar-refractivity contribution >= 4 is 34.0 Å². The average molecular weight is 496 g/mol. The first-order chi connectivity index (χ1) is 17.1. The van der Waals surface area contributed by atoms with Gasteiger partial charge in [-0.05, 0) is 56.0 Å². The second-order valence-corrected chi connectivity index (χ2v) is 11.5.